The standard InChI is InChI=1S/C20H21NO3/c22-18(23)17(15-8-3-1-4-9-15)14-21-19(24)20(12-7-13-20)16-10-5-2-6-11-16/h1-6,8-11,17H,7,12-14H2,(H,21,24)(H,22,23). The van der Waals surface area contributed by atoms with Gasteiger partial charge in [-0.25, -0.2) is 0 Å². The predicted molar refractivity (Wildman–Crippen MR) is 91.8 cm³/mol. The number of carbonyl (C=O) groups is 2. The zero-order valence-corrected chi connectivity index (χ0v) is 13.4. The zero-order chi connectivity index (χ0) is 17.0. The maximum atomic E-state index is 12.8. The minimum absolute atomic E-state index is 0.0675. The van der Waals surface area contributed by atoms with Crippen LogP contribution in [-0.2, 0) is 15.0 Å². The first-order valence-corrected chi connectivity index (χ1v) is 8.25. The predicted octanol–water partition coefficient (Wildman–Crippen LogP) is 3.09. The third-order valence-electron chi connectivity index (χ3n) is 4.93. The summed E-state index contributed by atoms with van der Waals surface area (Å²) in [6, 6.07) is 18.8. The monoisotopic (exact) mass is 323 g/mol. The molecule has 1 amide bonds. The number of hydrogen-bond acceptors (Lipinski definition) is 2. The molecule has 1 unspecified atom stereocenters. The average Bonchev–Trinajstić information content (AvgIpc) is 2.56. The Morgan fingerprint density at radius 3 is 2.08 bits per heavy atom. The van der Waals surface area contributed by atoms with Crippen LogP contribution in [0.2, 0.25) is 0 Å². The second-order valence-electron chi connectivity index (χ2n) is 6.31. The van der Waals surface area contributed by atoms with Crippen molar-refractivity contribution < 1.29 is 14.7 Å². The molecular formula is C20H21NO3. The molecule has 1 saturated carbocycles. The largest absolute Gasteiger partial charge is 0.481 e. The van der Waals surface area contributed by atoms with Crippen LogP contribution < -0.4 is 5.32 Å². The van der Waals surface area contributed by atoms with Gasteiger partial charge in [-0.1, -0.05) is 67.1 Å². The fourth-order valence-corrected chi connectivity index (χ4v) is 3.33. The van der Waals surface area contributed by atoms with E-state index in [-0.39, 0.29) is 12.5 Å². The maximum Gasteiger partial charge on any atom is 0.312 e. The smallest absolute Gasteiger partial charge is 0.312 e. The van der Waals surface area contributed by atoms with E-state index >= 15 is 0 Å². The number of carboxylic acids is 1. The van der Waals surface area contributed by atoms with Crippen LogP contribution in [0.25, 0.3) is 0 Å². The van der Waals surface area contributed by atoms with Crippen molar-refractivity contribution in [3.63, 3.8) is 0 Å². The summed E-state index contributed by atoms with van der Waals surface area (Å²) >= 11 is 0. The highest BCUT2D eigenvalue weighted by molar-refractivity contribution is 5.90. The van der Waals surface area contributed by atoms with Gasteiger partial charge >= 0.3 is 5.97 Å². The van der Waals surface area contributed by atoms with Crippen molar-refractivity contribution >= 4 is 11.9 Å². The Hall–Kier alpha value is -2.62. The lowest BCUT2D eigenvalue weighted by Gasteiger charge is -2.41. The van der Waals surface area contributed by atoms with Crippen molar-refractivity contribution in [3.05, 3.63) is 71.8 Å². The number of rotatable bonds is 6. The van der Waals surface area contributed by atoms with Gasteiger partial charge in [0.15, 0.2) is 0 Å². The lowest BCUT2D eigenvalue weighted by Crippen LogP contribution is -2.50. The van der Waals surface area contributed by atoms with E-state index in [1.807, 2.05) is 48.5 Å². The van der Waals surface area contributed by atoms with Gasteiger partial charge in [0.05, 0.1) is 11.3 Å². The Morgan fingerprint density at radius 2 is 1.58 bits per heavy atom. The Kier molecular flexibility index (Phi) is 4.65. The first-order chi connectivity index (χ1) is 11.6. The van der Waals surface area contributed by atoms with E-state index in [1.165, 1.54) is 0 Å². The van der Waals surface area contributed by atoms with Crippen molar-refractivity contribution in [2.75, 3.05) is 6.54 Å². The van der Waals surface area contributed by atoms with Crippen LogP contribution in [0.1, 0.15) is 36.3 Å². The summed E-state index contributed by atoms with van der Waals surface area (Å²) in [7, 11) is 0. The lowest BCUT2D eigenvalue weighted by atomic mass is 9.64. The molecule has 3 rings (SSSR count). The Labute approximate surface area is 141 Å². The van der Waals surface area contributed by atoms with Gasteiger partial charge in [-0.2, -0.15) is 0 Å². The molecule has 0 spiro atoms. The number of hydrogen-bond donors (Lipinski definition) is 2. The first-order valence-electron chi connectivity index (χ1n) is 8.25. The van der Waals surface area contributed by atoms with Crippen LogP contribution >= 0.6 is 0 Å². The fraction of sp³-hybridized carbons (Fsp3) is 0.300. The second kappa shape index (κ2) is 6.87. The van der Waals surface area contributed by atoms with Crippen LogP contribution in [0.4, 0.5) is 0 Å². The third kappa shape index (κ3) is 3.04. The summed E-state index contributed by atoms with van der Waals surface area (Å²) < 4.78 is 0. The fourth-order valence-electron chi connectivity index (χ4n) is 3.33. The maximum absolute atomic E-state index is 12.8. The highest BCUT2D eigenvalue weighted by Crippen LogP contribution is 2.43. The Morgan fingerprint density at radius 1 is 1.00 bits per heavy atom. The summed E-state index contributed by atoms with van der Waals surface area (Å²) in [6.07, 6.45) is 2.64. The minimum Gasteiger partial charge on any atom is -0.481 e. The third-order valence-corrected chi connectivity index (χ3v) is 4.93. The molecule has 24 heavy (non-hydrogen) atoms. The van der Waals surface area contributed by atoms with Crippen LogP contribution in [0, 0.1) is 0 Å². The van der Waals surface area contributed by atoms with Crippen molar-refractivity contribution in [2.24, 2.45) is 0 Å². The highest BCUT2D eigenvalue weighted by atomic mass is 16.4. The minimum atomic E-state index is -0.927. The summed E-state index contributed by atoms with van der Waals surface area (Å²) in [5, 5.41) is 12.4. The van der Waals surface area contributed by atoms with Gasteiger partial charge < -0.3 is 10.4 Å². The van der Waals surface area contributed by atoms with Crippen molar-refractivity contribution in [3.8, 4) is 0 Å². The van der Waals surface area contributed by atoms with Crippen LogP contribution in [0.3, 0.4) is 0 Å². The Bertz CT molecular complexity index is 708. The van der Waals surface area contributed by atoms with Gasteiger partial charge in [-0.05, 0) is 24.0 Å². The molecule has 1 fully saturated rings. The zero-order valence-electron chi connectivity index (χ0n) is 13.4. The van der Waals surface area contributed by atoms with E-state index < -0.39 is 17.3 Å². The molecule has 0 aromatic heterocycles. The normalized spacial score (nSPS) is 16.7. The number of carboxylic acid groups (broad SMARTS) is 1. The van der Waals surface area contributed by atoms with Gasteiger partial charge in [-0.15, -0.1) is 0 Å². The van der Waals surface area contributed by atoms with Crippen molar-refractivity contribution in [1.82, 2.24) is 5.32 Å². The van der Waals surface area contributed by atoms with Crippen LogP contribution in [-0.4, -0.2) is 23.5 Å². The van der Waals surface area contributed by atoms with Crippen LogP contribution in [0.5, 0.6) is 0 Å². The molecule has 2 aromatic rings. The number of nitrogens with one attached hydrogen (secondary N) is 1. The van der Waals surface area contributed by atoms with Crippen LogP contribution in [0.15, 0.2) is 60.7 Å². The SMILES string of the molecule is O=C(O)C(CNC(=O)C1(c2ccccc2)CCC1)c1ccccc1. The van der Waals surface area contributed by atoms with E-state index in [1.54, 1.807) is 12.1 Å². The summed E-state index contributed by atoms with van der Waals surface area (Å²) in [5.41, 5.74) is 1.22. The molecule has 4 nitrogen and oxygen atoms in total. The highest BCUT2D eigenvalue weighted by Gasteiger charge is 2.45. The summed E-state index contributed by atoms with van der Waals surface area (Å²) in [5.74, 6) is -1.73. The molecule has 0 heterocycles. The molecule has 0 aliphatic heterocycles. The molecule has 1 aliphatic carbocycles. The summed E-state index contributed by atoms with van der Waals surface area (Å²) in [6.45, 7) is 0.104. The van der Waals surface area contributed by atoms with Gasteiger partial charge in [0.1, 0.15) is 0 Å². The number of aliphatic carboxylic acids is 1. The van der Waals surface area contributed by atoms with Gasteiger partial charge in [0.2, 0.25) is 5.91 Å². The average molecular weight is 323 g/mol. The topological polar surface area (TPSA) is 66.4 Å². The van der Waals surface area contributed by atoms with E-state index in [0.29, 0.717) is 5.56 Å². The van der Waals surface area contributed by atoms with E-state index in [9.17, 15) is 14.7 Å². The van der Waals surface area contributed by atoms with Crippen molar-refractivity contribution in [2.45, 2.75) is 30.6 Å². The molecule has 0 saturated heterocycles. The molecule has 2 N–H and O–H groups in total. The first kappa shape index (κ1) is 16.2. The molecule has 2 aromatic carbocycles. The Balaban J connectivity index is 1.73. The van der Waals surface area contributed by atoms with E-state index in [2.05, 4.69) is 5.32 Å². The molecule has 1 aliphatic rings. The number of carbonyl (C=O) groups excluding carboxylic acids is 1. The molecular weight excluding hydrogens is 302 g/mol. The second-order valence-corrected chi connectivity index (χ2v) is 6.31. The quantitative estimate of drug-likeness (QED) is 0.858. The molecule has 0 radical (unpaired) electrons. The molecule has 124 valence electrons. The molecule has 0 bridgehead atoms. The van der Waals surface area contributed by atoms with Crippen molar-refractivity contribution in [1.29, 1.82) is 0 Å². The van der Waals surface area contributed by atoms with Gasteiger partial charge in [0, 0.05) is 6.54 Å². The molecule has 1 atom stereocenters. The molecule has 4 heteroatoms. The number of benzene rings is 2. The summed E-state index contributed by atoms with van der Waals surface area (Å²) in [4.78, 5) is 24.4. The van der Waals surface area contributed by atoms with Gasteiger partial charge in [-0.3, -0.25) is 9.59 Å². The number of amides is 1. The van der Waals surface area contributed by atoms with Gasteiger partial charge in [0.25, 0.3) is 0 Å². The lowest BCUT2D eigenvalue weighted by molar-refractivity contribution is -0.139. The van der Waals surface area contributed by atoms with E-state index in [4.69, 9.17) is 0 Å². The van der Waals surface area contributed by atoms with E-state index in [0.717, 1.165) is 24.8 Å².